The lowest BCUT2D eigenvalue weighted by Crippen LogP contribution is -1.98. The summed E-state index contributed by atoms with van der Waals surface area (Å²) in [7, 11) is 0. The molecule has 2 aromatic heterocycles. The average Bonchev–Trinajstić information content (AvgIpc) is 2.46. The Morgan fingerprint density at radius 2 is 1.90 bits per heavy atom. The summed E-state index contributed by atoms with van der Waals surface area (Å²) in [4.78, 5) is 8.34. The van der Waals surface area contributed by atoms with E-state index in [4.69, 9.17) is 27.9 Å². The van der Waals surface area contributed by atoms with Crippen molar-refractivity contribution in [2.45, 2.75) is 6.61 Å². The third-order valence-corrected chi connectivity index (χ3v) is 3.43. The quantitative estimate of drug-likeness (QED) is 0.668. The first-order chi connectivity index (χ1) is 9.74. The molecular weight excluding hydrogens is 295 g/mol. The van der Waals surface area contributed by atoms with Gasteiger partial charge in [0.1, 0.15) is 23.0 Å². The van der Waals surface area contributed by atoms with Gasteiger partial charge in [-0.1, -0.05) is 41.4 Å². The highest BCUT2D eigenvalue weighted by molar-refractivity contribution is 6.34. The lowest BCUT2D eigenvalue weighted by atomic mass is 10.2. The van der Waals surface area contributed by atoms with Crippen LogP contribution in [0.5, 0.6) is 5.75 Å². The average molecular weight is 305 g/mol. The number of benzene rings is 1. The van der Waals surface area contributed by atoms with Crippen LogP contribution in [0.15, 0.2) is 48.8 Å². The number of rotatable bonds is 3. The van der Waals surface area contributed by atoms with Crippen molar-refractivity contribution in [2.75, 3.05) is 0 Å². The minimum Gasteiger partial charge on any atom is -0.487 e. The van der Waals surface area contributed by atoms with Gasteiger partial charge in [0.15, 0.2) is 0 Å². The number of nitrogens with zero attached hydrogens (tertiary/aromatic N) is 2. The van der Waals surface area contributed by atoms with E-state index in [9.17, 15) is 0 Å². The van der Waals surface area contributed by atoms with Crippen molar-refractivity contribution < 1.29 is 4.74 Å². The maximum atomic E-state index is 6.09. The van der Waals surface area contributed by atoms with Crippen LogP contribution in [0.3, 0.4) is 0 Å². The minimum atomic E-state index is 0.318. The number of ether oxygens (including phenoxy) is 1. The second-order valence-electron chi connectivity index (χ2n) is 4.22. The van der Waals surface area contributed by atoms with Crippen molar-refractivity contribution in [1.29, 1.82) is 0 Å². The van der Waals surface area contributed by atoms with Gasteiger partial charge in [0, 0.05) is 23.3 Å². The first kappa shape index (κ1) is 13.2. The molecule has 0 fully saturated rings. The third-order valence-electron chi connectivity index (χ3n) is 2.88. The topological polar surface area (TPSA) is 35.0 Å². The van der Waals surface area contributed by atoms with Gasteiger partial charge >= 0.3 is 0 Å². The second-order valence-corrected chi connectivity index (χ2v) is 5.01. The Bertz CT molecular complexity index is 756. The highest BCUT2D eigenvalue weighted by Gasteiger charge is 2.06. The summed E-state index contributed by atoms with van der Waals surface area (Å²) >= 11 is 11.9. The van der Waals surface area contributed by atoms with E-state index in [-0.39, 0.29) is 0 Å². The zero-order valence-electron chi connectivity index (χ0n) is 10.4. The summed E-state index contributed by atoms with van der Waals surface area (Å²) in [5.41, 5.74) is 1.61. The maximum absolute atomic E-state index is 6.09. The molecule has 0 unspecified atom stereocenters. The highest BCUT2D eigenvalue weighted by Crippen LogP contribution is 2.25. The zero-order chi connectivity index (χ0) is 13.9. The molecule has 0 saturated carbocycles. The molecule has 2 heterocycles. The number of para-hydroxylation sites is 1. The summed E-state index contributed by atoms with van der Waals surface area (Å²) in [6.45, 7) is 0.318. The monoisotopic (exact) mass is 304 g/mol. The van der Waals surface area contributed by atoms with Gasteiger partial charge in [-0.2, -0.15) is 0 Å². The van der Waals surface area contributed by atoms with Crippen LogP contribution in [0.25, 0.3) is 10.9 Å². The molecule has 3 rings (SSSR count). The molecule has 100 valence electrons. The van der Waals surface area contributed by atoms with Crippen LogP contribution in [0.2, 0.25) is 10.2 Å². The Hall–Kier alpha value is -1.84. The molecule has 0 spiro atoms. The zero-order valence-corrected chi connectivity index (χ0v) is 11.9. The van der Waals surface area contributed by atoms with Crippen LogP contribution in [0.1, 0.15) is 5.56 Å². The number of fused-ring (bicyclic) bond motifs is 1. The Balaban J connectivity index is 1.87. The predicted octanol–water partition coefficient (Wildman–Crippen LogP) is 4.52. The highest BCUT2D eigenvalue weighted by atomic mass is 35.5. The number of aromatic nitrogens is 2. The molecule has 0 aliphatic carbocycles. The van der Waals surface area contributed by atoms with E-state index in [2.05, 4.69) is 9.97 Å². The number of hydrogen-bond donors (Lipinski definition) is 0. The molecule has 3 aromatic rings. The van der Waals surface area contributed by atoms with Crippen molar-refractivity contribution >= 4 is 34.1 Å². The number of hydrogen-bond acceptors (Lipinski definition) is 3. The fraction of sp³-hybridized carbons (Fsp3) is 0.0667. The molecule has 0 amide bonds. The van der Waals surface area contributed by atoms with Crippen molar-refractivity contribution in [3.05, 3.63) is 64.5 Å². The van der Waals surface area contributed by atoms with E-state index in [0.29, 0.717) is 22.5 Å². The molecule has 20 heavy (non-hydrogen) atoms. The standard InChI is InChI=1S/C15H10Cl2N2O/c16-12-7-14(17)19-8-11(12)9-20-13-5-1-3-10-4-2-6-18-15(10)13/h1-8H,9H2. The molecule has 3 nitrogen and oxygen atoms in total. The Kier molecular flexibility index (Phi) is 3.72. The molecule has 0 bridgehead atoms. The summed E-state index contributed by atoms with van der Waals surface area (Å²) in [5.74, 6) is 0.717. The summed E-state index contributed by atoms with van der Waals surface area (Å²) in [6.07, 6.45) is 3.36. The summed E-state index contributed by atoms with van der Waals surface area (Å²) in [6, 6.07) is 11.3. The fourth-order valence-corrected chi connectivity index (χ4v) is 2.31. The van der Waals surface area contributed by atoms with Crippen LogP contribution in [0.4, 0.5) is 0 Å². The number of halogens is 2. The molecule has 0 aliphatic heterocycles. The van der Waals surface area contributed by atoms with Gasteiger partial charge < -0.3 is 4.74 Å². The van der Waals surface area contributed by atoms with Gasteiger partial charge in [0.2, 0.25) is 0 Å². The molecule has 0 N–H and O–H groups in total. The van der Waals surface area contributed by atoms with Gasteiger partial charge in [-0.15, -0.1) is 0 Å². The fourth-order valence-electron chi connectivity index (χ4n) is 1.89. The van der Waals surface area contributed by atoms with Crippen molar-refractivity contribution in [2.24, 2.45) is 0 Å². The van der Waals surface area contributed by atoms with Crippen LogP contribution in [0, 0.1) is 0 Å². The van der Waals surface area contributed by atoms with E-state index in [0.717, 1.165) is 16.5 Å². The van der Waals surface area contributed by atoms with E-state index in [1.165, 1.54) is 0 Å². The van der Waals surface area contributed by atoms with Crippen LogP contribution in [-0.2, 0) is 6.61 Å². The third kappa shape index (κ3) is 2.69. The molecule has 1 aromatic carbocycles. The van der Waals surface area contributed by atoms with E-state index >= 15 is 0 Å². The largest absolute Gasteiger partial charge is 0.487 e. The van der Waals surface area contributed by atoms with E-state index < -0.39 is 0 Å². The van der Waals surface area contributed by atoms with Crippen molar-refractivity contribution in [3.8, 4) is 5.75 Å². The van der Waals surface area contributed by atoms with Crippen molar-refractivity contribution in [3.63, 3.8) is 0 Å². The van der Waals surface area contributed by atoms with Crippen LogP contribution in [-0.4, -0.2) is 9.97 Å². The van der Waals surface area contributed by atoms with Gasteiger partial charge in [0.25, 0.3) is 0 Å². The van der Waals surface area contributed by atoms with Gasteiger partial charge in [-0.05, 0) is 18.2 Å². The SMILES string of the molecule is Clc1cc(Cl)c(COc2cccc3cccnc23)cn1. The smallest absolute Gasteiger partial charge is 0.146 e. The molecule has 5 heteroatoms. The normalized spacial score (nSPS) is 10.7. The van der Waals surface area contributed by atoms with E-state index in [1.54, 1.807) is 18.5 Å². The lowest BCUT2D eigenvalue weighted by molar-refractivity contribution is 0.309. The lowest BCUT2D eigenvalue weighted by Gasteiger charge is -2.09. The predicted molar refractivity (Wildman–Crippen MR) is 80.3 cm³/mol. The van der Waals surface area contributed by atoms with Gasteiger partial charge in [-0.25, -0.2) is 4.98 Å². The first-order valence-corrected chi connectivity index (χ1v) is 6.76. The minimum absolute atomic E-state index is 0.318. The summed E-state index contributed by atoms with van der Waals surface area (Å²) in [5, 5.41) is 1.94. The van der Waals surface area contributed by atoms with Gasteiger partial charge in [0.05, 0.1) is 5.02 Å². The summed E-state index contributed by atoms with van der Waals surface area (Å²) < 4.78 is 5.80. The Morgan fingerprint density at radius 3 is 2.75 bits per heavy atom. The van der Waals surface area contributed by atoms with Crippen LogP contribution < -0.4 is 4.74 Å². The Morgan fingerprint density at radius 1 is 1.05 bits per heavy atom. The molecule has 0 saturated heterocycles. The number of pyridine rings is 2. The maximum Gasteiger partial charge on any atom is 0.146 e. The molecule has 0 atom stereocenters. The van der Waals surface area contributed by atoms with E-state index in [1.807, 2.05) is 30.3 Å². The van der Waals surface area contributed by atoms with Crippen LogP contribution >= 0.6 is 23.2 Å². The molecular formula is C15H10Cl2N2O. The second kappa shape index (κ2) is 5.65. The first-order valence-electron chi connectivity index (χ1n) is 6.00. The molecule has 0 radical (unpaired) electrons. The van der Waals surface area contributed by atoms with Gasteiger partial charge in [-0.3, -0.25) is 4.98 Å². The molecule has 0 aliphatic rings. The van der Waals surface area contributed by atoms with Crippen molar-refractivity contribution in [1.82, 2.24) is 9.97 Å². The Labute approximate surface area is 126 Å².